The van der Waals surface area contributed by atoms with Gasteiger partial charge in [0.05, 0.1) is 5.92 Å². The average molecular weight is 374 g/mol. The Morgan fingerprint density at radius 1 is 1.00 bits per heavy atom. The van der Waals surface area contributed by atoms with Crippen LogP contribution in [0.15, 0.2) is 65.2 Å². The van der Waals surface area contributed by atoms with E-state index in [2.05, 4.69) is 20.4 Å². The largest absolute Gasteiger partial charge is 0.350 e. The number of nitrogens with zero attached hydrogens (tertiary/aromatic N) is 3. The normalized spacial score (nSPS) is 21.1. The maximum Gasteiger partial charge on any atom is 0.266 e. The summed E-state index contributed by atoms with van der Waals surface area (Å²) in [5.74, 6) is 1.25. The molecule has 1 amide bonds. The number of piperidine rings is 1. The number of carbonyl (C=O) groups excluding carboxylic acids is 1. The maximum absolute atomic E-state index is 12.6. The van der Waals surface area contributed by atoms with Crippen molar-refractivity contribution in [3.63, 3.8) is 0 Å². The highest BCUT2D eigenvalue weighted by Crippen LogP contribution is 2.39. The van der Waals surface area contributed by atoms with Crippen LogP contribution in [0.5, 0.6) is 0 Å². The highest BCUT2D eigenvalue weighted by molar-refractivity contribution is 5.87. The lowest BCUT2D eigenvalue weighted by atomic mass is 9.82. The van der Waals surface area contributed by atoms with E-state index >= 15 is 0 Å². The second-order valence-corrected chi connectivity index (χ2v) is 7.69. The lowest BCUT2D eigenvalue weighted by molar-refractivity contribution is -0.121. The summed E-state index contributed by atoms with van der Waals surface area (Å²) < 4.78 is 5.44. The molecule has 142 valence electrons. The molecule has 0 saturated carbocycles. The summed E-state index contributed by atoms with van der Waals surface area (Å²) in [4.78, 5) is 19.3. The highest BCUT2D eigenvalue weighted by atomic mass is 16.5. The predicted octanol–water partition coefficient (Wildman–Crippen LogP) is 3.38. The van der Waals surface area contributed by atoms with Gasteiger partial charge in [0.25, 0.3) is 11.8 Å². The van der Waals surface area contributed by atoms with E-state index in [-0.39, 0.29) is 17.4 Å². The molecule has 28 heavy (non-hydrogen) atoms. The molecule has 2 aliphatic heterocycles. The van der Waals surface area contributed by atoms with E-state index in [9.17, 15) is 4.79 Å². The lowest BCUT2D eigenvalue weighted by Gasteiger charge is -2.38. The molecular formula is C22H22N4O2. The van der Waals surface area contributed by atoms with E-state index in [0.717, 1.165) is 43.5 Å². The monoisotopic (exact) mass is 374 g/mol. The first-order valence-corrected chi connectivity index (χ1v) is 9.74. The van der Waals surface area contributed by atoms with Crippen LogP contribution >= 0.6 is 0 Å². The zero-order valence-corrected chi connectivity index (χ0v) is 15.5. The molecule has 5 rings (SSSR count). The number of carbonyl (C=O) groups is 1. The fraction of sp³-hybridized carbons (Fsp3) is 0.318. The Balaban J connectivity index is 1.27. The van der Waals surface area contributed by atoms with Gasteiger partial charge in [-0.1, -0.05) is 48.5 Å². The van der Waals surface area contributed by atoms with Gasteiger partial charge in [0.15, 0.2) is 0 Å². The molecule has 6 nitrogen and oxygen atoms in total. The molecule has 2 fully saturated rings. The van der Waals surface area contributed by atoms with Crippen LogP contribution in [0.3, 0.4) is 0 Å². The first-order valence-electron chi connectivity index (χ1n) is 9.74. The van der Waals surface area contributed by atoms with Gasteiger partial charge in [-0.25, -0.2) is 0 Å². The molecule has 0 bridgehead atoms. The predicted molar refractivity (Wildman–Crippen MR) is 106 cm³/mol. The van der Waals surface area contributed by atoms with Crippen molar-refractivity contribution >= 4 is 11.9 Å². The van der Waals surface area contributed by atoms with Gasteiger partial charge in [-0.3, -0.25) is 4.79 Å². The molecule has 1 N–H and O–H groups in total. The van der Waals surface area contributed by atoms with Crippen LogP contribution in [0.25, 0.3) is 11.5 Å². The molecule has 2 aromatic carbocycles. The van der Waals surface area contributed by atoms with Crippen molar-refractivity contribution in [3.05, 3.63) is 66.2 Å². The number of nitrogens with one attached hydrogen (secondary N) is 1. The van der Waals surface area contributed by atoms with Crippen LogP contribution in [-0.4, -0.2) is 34.7 Å². The van der Waals surface area contributed by atoms with Crippen LogP contribution in [0.2, 0.25) is 0 Å². The van der Waals surface area contributed by atoms with Crippen molar-refractivity contribution in [1.29, 1.82) is 0 Å². The minimum Gasteiger partial charge on any atom is -0.350 e. The van der Waals surface area contributed by atoms with Crippen molar-refractivity contribution in [1.82, 2.24) is 15.5 Å². The fourth-order valence-corrected chi connectivity index (χ4v) is 4.34. The molecule has 0 unspecified atom stereocenters. The topological polar surface area (TPSA) is 71.3 Å². The van der Waals surface area contributed by atoms with Gasteiger partial charge in [-0.2, -0.15) is 4.98 Å². The van der Waals surface area contributed by atoms with Gasteiger partial charge < -0.3 is 14.7 Å². The van der Waals surface area contributed by atoms with E-state index in [1.807, 2.05) is 60.7 Å². The third-order valence-corrected chi connectivity index (χ3v) is 5.94. The Kier molecular flexibility index (Phi) is 4.11. The summed E-state index contributed by atoms with van der Waals surface area (Å²) in [6.07, 6.45) is 2.62. The van der Waals surface area contributed by atoms with Gasteiger partial charge >= 0.3 is 0 Å². The highest BCUT2D eigenvalue weighted by Gasteiger charge is 2.46. The Morgan fingerprint density at radius 2 is 1.68 bits per heavy atom. The summed E-state index contributed by atoms with van der Waals surface area (Å²) in [6.45, 7) is 1.60. The second-order valence-electron chi connectivity index (χ2n) is 7.69. The van der Waals surface area contributed by atoms with Gasteiger partial charge in [0, 0.05) is 24.2 Å². The number of aromatic nitrogens is 2. The van der Waals surface area contributed by atoms with Crippen LogP contribution in [-0.2, 0) is 4.79 Å². The first-order chi connectivity index (χ1) is 13.7. The third kappa shape index (κ3) is 3.05. The molecule has 3 heterocycles. The van der Waals surface area contributed by atoms with Gasteiger partial charge in [-0.15, -0.1) is 0 Å². The number of amides is 1. The van der Waals surface area contributed by atoms with Crippen LogP contribution in [0, 0.1) is 0 Å². The second kappa shape index (κ2) is 6.78. The summed E-state index contributed by atoms with van der Waals surface area (Å²) >= 11 is 0. The molecule has 0 radical (unpaired) electrons. The standard InChI is InChI=1S/C22H22N4O2/c27-19-18(16-7-3-1-4-8-16)15-22(24-19)11-13-26(14-12-22)21-23-20(28-25-21)17-9-5-2-6-10-17/h1-10,18H,11-15H2,(H,24,27)/t18-/m0/s1. The van der Waals surface area contributed by atoms with Crippen molar-refractivity contribution < 1.29 is 9.32 Å². The van der Waals surface area contributed by atoms with E-state index in [1.165, 1.54) is 0 Å². The van der Waals surface area contributed by atoms with Gasteiger partial charge in [0.1, 0.15) is 0 Å². The van der Waals surface area contributed by atoms with E-state index in [0.29, 0.717) is 11.8 Å². The lowest BCUT2D eigenvalue weighted by Crippen LogP contribution is -2.51. The Labute approximate surface area is 163 Å². The summed E-state index contributed by atoms with van der Waals surface area (Å²) in [6, 6.07) is 19.9. The molecule has 3 aromatic rings. The Morgan fingerprint density at radius 3 is 2.39 bits per heavy atom. The fourth-order valence-electron chi connectivity index (χ4n) is 4.34. The molecule has 1 spiro atoms. The summed E-state index contributed by atoms with van der Waals surface area (Å²) in [7, 11) is 0. The number of benzene rings is 2. The Hall–Kier alpha value is -3.15. The van der Waals surface area contributed by atoms with Crippen molar-refractivity contribution in [2.45, 2.75) is 30.7 Å². The SMILES string of the molecule is O=C1NC2(CCN(c3noc(-c4ccccc4)n3)CC2)C[C@H]1c1ccccc1. The number of hydrogen-bond donors (Lipinski definition) is 1. The molecule has 2 aliphatic rings. The minimum atomic E-state index is -0.125. The van der Waals surface area contributed by atoms with Crippen LogP contribution in [0.1, 0.15) is 30.7 Å². The number of anilines is 1. The Bertz CT molecular complexity index is 962. The zero-order chi connectivity index (χ0) is 19.0. The van der Waals surface area contributed by atoms with E-state index in [1.54, 1.807) is 0 Å². The maximum atomic E-state index is 12.6. The molecule has 1 atom stereocenters. The minimum absolute atomic E-state index is 0.0531. The smallest absolute Gasteiger partial charge is 0.266 e. The molecule has 1 aromatic heterocycles. The third-order valence-electron chi connectivity index (χ3n) is 5.94. The van der Waals surface area contributed by atoms with Gasteiger partial charge in [-0.05, 0) is 42.1 Å². The molecule has 6 heteroatoms. The van der Waals surface area contributed by atoms with Crippen LogP contribution < -0.4 is 10.2 Å². The first kappa shape index (κ1) is 17.0. The number of hydrogen-bond acceptors (Lipinski definition) is 5. The van der Waals surface area contributed by atoms with Crippen molar-refractivity contribution in [2.75, 3.05) is 18.0 Å². The van der Waals surface area contributed by atoms with Crippen molar-refractivity contribution in [2.24, 2.45) is 0 Å². The summed E-state index contributed by atoms with van der Waals surface area (Å²) in [5.41, 5.74) is 1.90. The van der Waals surface area contributed by atoms with Gasteiger partial charge in [0.2, 0.25) is 5.91 Å². The number of rotatable bonds is 3. The molecular weight excluding hydrogens is 352 g/mol. The molecule has 2 saturated heterocycles. The van der Waals surface area contributed by atoms with Crippen LogP contribution in [0.4, 0.5) is 5.95 Å². The van der Waals surface area contributed by atoms with E-state index in [4.69, 9.17) is 4.52 Å². The zero-order valence-electron chi connectivity index (χ0n) is 15.5. The average Bonchev–Trinajstić information content (AvgIpc) is 3.35. The molecule has 0 aliphatic carbocycles. The van der Waals surface area contributed by atoms with E-state index < -0.39 is 0 Å². The van der Waals surface area contributed by atoms with Crippen molar-refractivity contribution in [3.8, 4) is 11.5 Å². The summed E-state index contributed by atoms with van der Waals surface area (Å²) in [5, 5.41) is 7.45. The quantitative estimate of drug-likeness (QED) is 0.761.